The first kappa shape index (κ1) is 23.4. The van der Waals surface area contributed by atoms with Crippen LogP contribution in [0.5, 0.6) is 0 Å². The number of nitrogens with zero attached hydrogens (tertiary/aromatic N) is 3. The number of rotatable bonds is 6. The lowest BCUT2D eigenvalue weighted by molar-refractivity contribution is -0.134. The molecule has 35 heavy (non-hydrogen) atoms. The summed E-state index contributed by atoms with van der Waals surface area (Å²) in [5.74, 6) is 0.402. The Morgan fingerprint density at radius 1 is 1.14 bits per heavy atom. The summed E-state index contributed by atoms with van der Waals surface area (Å²) in [6.07, 6.45) is 8.27. The van der Waals surface area contributed by atoms with E-state index in [1.807, 2.05) is 31.2 Å². The summed E-state index contributed by atoms with van der Waals surface area (Å²) in [7, 11) is 0. The summed E-state index contributed by atoms with van der Waals surface area (Å²) < 4.78 is 7.19. The maximum atomic E-state index is 13.9. The van der Waals surface area contributed by atoms with Crippen LogP contribution in [-0.2, 0) is 11.3 Å². The number of hydrogen-bond acceptors (Lipinski definition) is 4. The van der Waals surface area contributed by atoms with Crippen molar-refractivity contribution in [2.24, 2.45) is 0 Å². The van der Waals surface area contributed by atoms with Crippen LogP contribution in [-0.4, -0.2) is 44.6 Å². The average Bonchev–Trinajstić information content (AvgIpc) is 3.47. The summed E-state index contributed by atoms with van der Waals surface area (Å²) in [5, 5.41) is 7.96. The maximum absolute atomic E-state index is 13.9. The van der Waals surface area contributed by atoms with Gasteiger partial charge in [0.1, 0.15) is 16.9 Å². The topological polar surface area (TPSA) is 80.4 Å². The predicted octanol–water partition coefficient (Wildman–Crippen LogP) is 5.00. The molecule has 0 unspecified atom stereocenters. The van der Waals surface area contributed by atoms with Crippen LogP contribution in [0.1, 0.15) is 74.3 Å². The van der Waals surface area contributed by atoms with Gasteiger partial charge in [-0.15, -0.1) is 0 Å². The number of carbonyl (C=O) groups is 2. The number of hydrogen-bond donors (Lipinski definition) is 1. The summed E-state index contributed by atoms with van der Waals surface area (Å²) in [4.78, 5) is 29.5. The van der Waals surface area contributed by atoms with E-state index >= 15 is 0 Å². The molecule has 3 heterocycles. The Balaban J connectivity index is 1.47. The van der Waals surface area contributed by atoms with Gasteiger partial charge in [0.15, 0.2) is 5.76 Å². The van der Waals surface area contributed by atoms with Crippen LogP contribution in [0, 0.1) is 0 Å². The Bertz CT molecular complexity index is 1160. The standard InChI is InChI=1S/C28H34N4O3/c1-20(21-11-6-5-7-12-21)18-31-26(33)24-17-23(25-15-10-16-35-25)30-32(24)19-28(31,2)27(34)29-22-13-8-3-4-9-14-22/h5-7,10-12,15-17,20,22H,3-4,8-9,13-14,18-19H2,1-2H3,(H,29,34)/t20-,28+/m1/s1. The number of fused-ring (bicyclic) bond motifs is 1. The van der Waals surface area contributed by atoms with Crippen LogP contribution >= 0.6 is 0 Å². The molecular formula is C28H34N4O3. The molecule has 0 radical (unpaired) electrons. The van der Waals surface area contributed by atoms with Gasteiger partial charge in [0.05, 0.1) is 12.8 Å². The van der Waals surface area contributed by atoms with E-state index in [9.17, 15) is 9.59 Å². The molecule has 1 aliphatic carbocycles. The molecule has 1 saturated carbocycles. The minimum atomic E-state index is -1.05. The molecule has 7 nitrogen and oxygen atoms in total. The fraction of sp³-hybridized carbons (Fsp3) is 0.464. The van der Waals surface area contributed by atoms with Gasteiger partial charge < -0.3 is 14.6 Å². The van der Waals surface area contributed by atoms with Gasteiger partial charge in [-0.2, -0.15) is 5.10 Å². The van der Waals surface area contributed by atoms with Crippen LogP contribution < -0.4 is 5.32 Å². The Kier molecular flexibility index (Phi) is 6.50. The van der Waals surface area contributed by atoms with Gasteiger partial charge in [-0.3, -0.25) is 14.3 Å². The zero-order valence-corrected chi connectivity index (χ0v) is 20.6. The molecule has 7 heteroatoms. The lowest BCUT2D eigenvalue weighted by Crippen LogP contribution is -2.65. The van der Waals surface area contributed by atoms with E-state index in [-0.39, 0.29) is 23.8 Å². The third-order valence-electron chi connectivity index (χ3n) is 7.58. The molecule has 0 saturated heterocycles. The van der Waals surface area contributed by atoms with E-state index in [1.165, 1.54) is 12.8 Å². The van der Waals surface area contributed by atoms with Gasteiger partial charge in [-0.05, 0) is 43.4 Å². The van der Waals surface area contributed by atoms with E-state index in [2.05, 4.69) is 29.5 Å². The number of nitrogens with one attached hydrogen (secondary N) is 1. The molecule has 184 valence electrons. The zero-order chi connectivity index (χ0) is 24.4. The van der Waals surface area contributed by atoms with E-state index in [0.29, 0.717) is 30.2 Å². The van der Waals surface area contributed by atoms with Crippen molar-refractivity contribution in [3.8, 4) is 11.5 Å². The molecule has 2 atom stereocenters. The highest BCUT2D eigenvalue weighted by Crippen LogP contribution is 2.33. The van der Waals surface area contributed by atoms with Crippen LogP contribution in [0.3, 0.4) is 0 Å². The van der Waals surface area contributed by atoms with Crippen molar-refractivity contribution in [1.82, 2.24) is 20.0 Å². The van der Waals surface area contributed by atoms with E-state index < -0.39 is 5.54 Å². The first-order valence-corrected chi connectivity index (χ1v) is 12.8. The summed E-state index contributed by atoms with van der Waals surface area (Å²) in [5.41, 5.74) is 1.17. The molecule has 1 aliphatic heterocycles. The number of carbonyl (C=O) groups excluding carboxylic acids is 2. The Hall–Kier alpha value is -3.35. The Labute approximate surface area is 206 Å². The van der Waals surface area contributed by atoms with Gasteiger partial charge in [0, 0.05) is 18.7 Å². The molecule has 5 rings (SSSR count). The lowest BCUT2D eigenvalue weighted by Gasteiger charge is -2.44. The van der Waals surface area contributed by atoms with Gasteiger partial charge in [0.2, 0.25) is 5.91 Å². The van der Waals surface area contributed by atoms with Crippen molar-refractivity contribution < 1.29 is 14.0 Å². The lowest BCUT2D eigenvalue weighted by atomic mass is 9.91. The zero-order valence-electron chi connectivity index (χ0n) is 20.6. The molecule has 1 N–H and O–H groups in total. The maximum Gasteiger partial charge on any atom is 0.273 e. The number of benzene rings is 1. The molecule has 2 amide bonds. The largest absolute Gasteiger partial charge is 0.463 e. The van der Waals surface area contributed by atoms with Gasteiger partial charge in [-0.25, -0.2) is 0 Å². The van der Waals surface area contributed by atoms with Crippen molar-refractivity contribution in [3.63, 3.8) is 0 Å². The van der Waals surface area contributed by atoms with Gasteiger partial charge >= 0.3 is 0 Å². The fourth-order valence-electron chi connectivity index (χ4n) is 5.40. The second kappa shape index (κ2) is 9.72. The van der Waals surface area contributed by atoms with Crippen LogP contribution in [0.15, 0.2) is 59.2 Å². The number of aromatic nitrogens is 2. The van der Waals surface area contributed by atoms with Crippen molar-refractivity contribution in [1.29, 1.82) is 0 Å². The molecule has 3 aromatic rings. The third kappa shape index (κ3) is 4.64. The van der Waals surface area contributed by atoms with Crippen LogP contribution in [0.4, 0.5) is 0 Å². The molecule has 1 fully saturated rings. The highest BCUT2D eigenvalue weighted by atomic mass is 16.3. The minimum absolute atomic E-state index is 0.0733. The smallest absolute Gasteiger partial charge is 0.273 e. The third-order valence-corrected chi connectivity index (χ3v) is 7.58. The second-order valence-electron chi connectivity index (χ2n) is 10.2. The molecular weight excluding hydrogens is 440 g/mol. The first-order chi connectivity index (χ1) is 17.0. The highest BCUT2D eigenvalue weighted by Gasteiger charge is 2.48. The van der Waals surface area contributed by atoms with Crippen molar-refractivity contribution in [2.75, 3.05) is 6.54 Å². The summed E-state index contributed by atoms with van der Waals surface area (Å²) in [6.45, 7) is 4.73. The molecule has 2 aromatic heterocycles. The van der Waals surface area contributed by atoms with E-state index in [0.717, 1.165) is 31.2 Å². The Morgan fingerprint density at radius 2 is 1.89 bits per heavy atom. The molecule has 0 bridgehead atoms. The van der Waals surface area contributed by atoms with Crippen LogP contribution in [0.2, 0.25) is 0 Å². The van der Waals surface area contributed by atoms with E-state index in [1.54, 1.807) is 28.0 Å². The summed E-state index contributed by atoms with van der Waals surface area (Å²) in [6, 6.07) is 15.7. The molecule has 1 aromatic carbocycles. The Morgan fingerprint density at radius 3 is 2.57 bits per heavy atom. The van der Waals surface area contributed by atoms with Crippen molar-refractivity contribution in [3.05, 3.63) is 66.1 Å². The monoisotopic (exact) mass is 474 g/mol. The van der Waals surface area contributed by atoms with Gasteiger partial charge in [0.25, 0.3) is 5.91 Å². The number of amides is 2. The number of furan rings is 1. The minimum Gasteiger partial charge on any atom is -0.463 e. The van der Waals surface area contributed by atoms with E-state index in [4.69, 9.17) is 4.42 Å². The van der Waals surface area contributed by atoms with Crippen LogP contribution in [0.25, 0.3) is 11.5 Å². The normalized spacial score (nSPS) is 21.9. The van der Waals surface area contributed by atoms with Crippen molar-refractivity contribution in [2.45, 2.75) is 76.4 Å². The van der Waals surface area contributed by atoms with Gasteiger partial charge in [-0.1, -0.05) is 62.9 Å². The van der Waals surface area contributed by atoms with Crippen molar-refractivity contribution >= 4 is 11.8 Å². The first-order valence-electron chi connectivity index (χ1n) is 12.8. The summed E-state index contributed by atoms with van der Waals surface area (Å²) >= 11 is 0. The second-order valence-corrected chi connectivity index (χ2v) is 10.2. The quantitative estimate of drug-likeness (QED) is 0.510. The average molecular weight is 475 g/mol. The fourth-order valence-corrected chi connectivity index (χ4v) is 5.40. The highest BCUT2D eigenvalue weighted by molar-refractivity contribution is 6.00. The predicted molar refractivity (Wildman–Crippen MR) is 134 cm³/mol. The molecule has 2 aliphatic rings. The molecule has 0 spiro atoms. The SMILES string of the molecule is C[C@H](CN1C(=O)c2cc(-c3ccco3)nn2C[C@@]1(C)C(=O)NC1CCCCCC1)c1ccccc1.